The number of ether oxygens (including phenoxy) is 1. The molecule has 152 valence electrons. The van der Waals surface area contributed by atoms with Crippen LogP contribution in [0.4, 0.5) is 5.69 Å². The molecule has 30 heavy (non-hydrogen) atoms. The van der Waals surface area contributed by atoms with Crippen molar-refractivity contribution in [1.82, 2.24) is 4.90 Å². The molecule has 0 aliphatic carbocycles. The van der Waals surface area contributed by atoms with E-state index in [1.165, 1.54) is 0 Å². The van der Waals surface area contributed by atoms with Crippen molar-refractivity contribution in [2.45, 2.75) is 13.2 Å². The Morgan fingerprint density at radius 2 is 1.60 bits per heavy atom. The SMILES string of the molecule is O=C1C(Nc2ccc(OCc3c(Cl)cccc3Cl)cc2)=CCN1Cc1ccccc1. The van der Waals surface area contributed by atoms with Crippen LogP contribution in [0.2, 0.25) is 10.0 Å². The molecule has 1 N–H and O–H groups in total. The van der Waals surface area contributed by atoms with Crippen molar-refractivity contribution in [3.63, 3.8) is 0 Å². The van der Waals surface area contributed by atoms with Gasteiger partial charge in [0.1, 0.15) is 18.1 Å². The second-order valence-corrected chi connectivity index (χ2v) is 7.74. The van der Waals surface area contributed by atoms with Gasteiger partial charge in [0.05, 0.1) is 0 Å². The molecule has 4 nitrogen and oxygen atoms in total. The van der Waals surface area contributed by atoms with Gasteiger partial charge in [-0.1, -0.05) is 59.6 Å². The third-order valence-corrected chi connectivity index (χ3v) is 5.54. The Balaban J connectivity index is 1.33. The van der Waals surface area contributed by atoms with Crippen molar-refractivity contribution in [3.05, 3.63) is 106 Å². The van der Waals surface area contributed by atoms with E-state index in [4.69, 9.17) is 27.9 Å². The van der Waals surface area contributed by atoms with Crippen molar-refractivity contribution in [2.24, 2.45) is 0 Å². The van der Waals surface area contributed by atoms with Crippen LogP contribution >= 0.6 is 23.2 Å². The number of nitrogens with one attached hydrogen (secondary N) is 1. The molecular formula is C24H20Cl2N2O2. The smallest absolute Gasteiger partial charge is 0.270 e. The second kappa shape index (κ2) is 9.24. The number of hydrogen-bond acceptors (Lipinski definition) is 3. The van der Waals surface area contributed by atoms with Crippen LogP contribution in [0.1, 0.15) is 11.1 Å². The Kier molecular flexibility index (Phi) is 6.26. The third-order valence-electron chi connectivity index (χ3n) is 4.83. The van der Waals surface area contributed by atoms with E-state index in [1.807, 2.05) is 65.6 Å². The summed E-state index contributed by atoms with van der Waals surface area (Å²) in [5.74, 6) is 0.682. The molecule has 0 unspecified atom stereocenters. The molecule has 4 rings (SSSR count). The number of benzene rings is 3. The first-order chi connectivity index (χ1) is 14.6. The molecular weight excluding hydrogens is 419 g/mol. The van der Waals surface area contributed by atoms with Crippen LogP contribution in [-0.4, -0.2) is 17.4 Å². The Morgan fingerprint density at radius 3 is 2.30 bits per heavy atom. The number of nitrogens with zero attached hydrogens (tertiary/aromatic N) is 1. The zero-order chi connectivity index (χ0) is 20.9. The summed E-state index contributed by atoms with van der Waals surface area (Å²) in [7, 11) is 0. The summed E-state index contributed by atoms with van der Waals surface area (Å²) in [5.41, 5.74) is 3.27. The monoisotopic (exact) mass is 438 g/mol. The van der Waals surface area contributed by atoms with Gasteiger partial charge in [0.15, 0.2) is 0 Å². The number of carbonyl (C=O) groups is 1. The van der Waals surface area contributed by atoms with Crippen molar-refractivity contribution in [3.8, 4) is 5.75 Å². The molecule has 0 saturated carbocycles. The molecule has 0 aromatic heterocycles. The summed E-state index contributed by atoms with van der Waals surface area (Å²) >= 11 is 12.4. The molecule has 0 saturated heterocycles. The van der Waals surface area contributed by atoms with Crippen LogP contribution < -0.4 is 10.1 Å². The van der Waals surface area contributed by atoms with Gasteiger partial charge >= 0.3 is 0 Å². The van der Waals surface area contributed by atoms with Gasteiger partial charge in [-0.3, -0.25) is 4.79 Å². The highest BCUT2D eigenvalue weighted by Gasteiger charge is 2.23. The molecule has 1 amide bonds. The number of rotatable bonds is 7. The highest BCUT2D eigenvalue weighted by Crippen LogP contribution is 2.26. The van der Waals surface area contributed by atoms with Crippen LogP contribution in [0.5, 0.6) is 5.75 Å². The maximum absolute atomic E-state index is 12.6. The van der Waals surface area contributed by atoms with Gasteiger partial charge in [0, 0.05) is 34.4 Å². The third kappa shape index (κ3) is 4.78. The molecule has 6 heteroatoms. The minimum atomic E-state index is -0.00691. The average Bonchev–Trinajstić information content (AvgIpc) is 3.09. The zero-order valence-corrected chi connectivity index (χ0v) is 17.7. The lowest BCUT2D eigenvalue weighted by molar-refractivity contribution is -0.125. The van der Waals surface area contributed by atoms with Crippen LogP contribution in [-0.2, 0) is 17.9 Å². The fourth-order valence-corrected chi connectivity index (χ4v) is 3.71. The molecule has 0 radical (unpaired) electrons. The maximum atomic E-state index is 12.6. The molecule has 1 aliphatic heterocycles. The second-order valence-electron chi connectivity index (χ2n) is 6.93. The minimum absolute atomic E-state index is 0.00691. The molecule has 3 aromatic carbocycles. The summed E-state index contributed by atoms with van der Waals surface area (Å²) in [6.07, 6.45) is 1.91. The standard InChI is InChI=1S/C24H20Cl2N2O2/c25-21-7-4-8-22(26)20(21)16-30-19-11-9-18(10-12-19)27-23-13-14-28(24(23)29)15-17-5-2-1-3-6-17/h1-13,27H,14-16H2. The predicted molar refractivity (Wildman–Crippen MR) is 121 cm³/mol. The number of hydrogen-bond donors (Lipinski definition) is 1. The largest absolute Gasteiger partial charge is 0.489 e. The predicted octanol–water partition coefficient (Wildman–Crippen LogP) is 5.91. The van der Waals surface area contributed by atoms with Crippen molar-refractivity contribution < 1.29 is 9.53 Å². The van der Waals surface area contributed by atoms with Crippen LogP contribution in [0, 0.1) is 0 Å². The normalized spacial score (nSPS) is 13.3. The molecule has 0 atom stereocenters. The van der Waals surface area contributed by atoms with Crippen LogP contribution in [0.25, 0.3) is 0 Å². The first kappa shape index (κ1) is 20.3. The number of carbonyl (C=O) groups excluding carboxylic acids is 1. The fraction of sp³-hybridized carbons (Fsp3) is 0.125. The average molecular weight is 439 g/mol. The Labute approximate surface area is 185 Å². The molecule has 0 bridgehead atoms. The van der Waals surface area contributed by atoms with Crippen molar-refractivity contribution in [1.29, 1.82) is 0 Å². The summed E-state index contributed by atoms with van der Waals surface area (Å²) < 4.78 is 5.80. The van der Waals surface area contributed by atoms with E-state index < -0.39 is 0 Å². The van der Waals surface area contributed by atoms with Crippen LogP contribution in [0.3, 0.4) is 0 Å². The molecule has 0 fully saturated rings. The highest BCUT2D eigenvalue weighted by atomic mass is 35.5. The van der Waals surface area contributed by atoms with Gasteiger partial charge in [-0.2, -0.15) is 0 Å². The van der Waals surface area contributed by atoms with Gasteiger partial charge in [0.25, 0.3) is 5.91 Å². The lowest BCUT2D eigenvalue weighted by Gasteiger charge is -2.17. The summed E-state index contributed by atoms with van der Waals surface area (Å²) in [5, 5.41) is 4.35. The topological polar surface area (TPSA) is 41.6 Å². The first-order valence-electron chi connectivity index (χ1n) is 9.56. The summed E-state index contributed by atoms with van der Waals surface area (Å²) in [4.78, 5) is 14.5. The van der Waals surface area contributed by atoms with E-state index in [1.54, 1.807) is 18.2 Å². The highest BCUT2D eigenvalue weighted by molar-refractivity contribution is 6.35. The van der Waals surface area contributed by atoms with E-state index in [0.717, 1.165) is 16.8 Å². The van der Waals surface area contributed by atoms with E-state index in [0.29, 0.717) is 34.6 Å². The van der Waals surface area contributed by atoms with E-state index >= 15 is 0 Å². The lowest BCUT2D eigenvalue weighted by Crippen LogP contribution is -2.28. The Hall–Kier alpha value is -2.95. The Bertz CT molecular complexity index is 1050. The number of amides is 1. The quantitative estimate of drug-likeness (QED) is 0.498. The van der Waals surface area contributed by atoms with Crippen molar-refractivity contribution >= 4 is 34.8 Å². The van der Waals surface area contributed by atoms with Gasteiger partial charge in [-0.25, -0.2) is 0 Å². The van der Waals surface area contributed by atoms with E-state index in [9.17, 15) is 4.79 Å². The summed E-state index contributed by atoms with van der Waals surface area (Å²) in [6, 6.07) is 22.8. The molecule has 0 spiro atoms. The van der Waals surface area contributed by atoms with Gasteiger partial charge < -0.3 is 15.0 Å². The molecule has 3 aromatic rings. The lowest BCUT2D eigenvalue weighted by atomic mass is 10.2. The van der Waals surface area contributed by atoms with E-state index in [2.05, 4.69) is 5.32 Å². The molecule has 1 aliphatic rings. The number of halogens is 2. The van der Waals surface area contributed by atoms with E-state index in [-0.39, 0.29) is 12.5 Å². The minimum Gasteiger partial charge on any atom is -0.489 e. The summed E-state index contributed by atoms with van der Waals surface area (Å²) in [6.45, 7) is 1.47. The van der Waals surface area contributed by atoms with Crippen LogP contribution in [0.15, 0.2) is 84.6 Å². The Morgan fingerprint density at radius 1 is 0.900 bits per heavy atom. The van der Waals surface area contributed by atoms with Gasteiger partial charge in [0.2, 0.25) is 0 Å². The fourth-order valence-electron chi connectivity index (χ4n) is 3.20. The maximum Gasteiger partial charge on any atom is 0.270 e. The molecule has 1 heterocycles. The first-order valence-corrected chi connectivity index (χ1v) is 10.3. The zero-order valence-electron chi connectivity index (χ0n) is 16.1. The number of anilines is 1. The van der Waals surface area contributed by atoms with Crippen molar-refractivity contribution in [2.75, 3.05) is 11.9 Å². The van der Waals surface area contributed by atoms with Gasteiger partial charge in [-0.15, -0.1) is 0 Å². The van der Waals surface area contributed by atoms with Gasteiger partial charge in [-0.05, 0) is 48.0 Å².